The maximum Gasteiger partial charge on any atom is 0.323 e. The van der Waals surface area contributed by atoms with Gasteiger partial charge in [-0.15, -0.1) is 0 Å². The van der Waals surface area contributed by atoms with Crippen molar-refractivity contribution in [2.24, 2.45) is 5.73 Å². The molecule has 5 N–H and O–H groups in total. The molecule has 122 valence electrons. The van der Waals surface area contributed by atoms with Gasteiger partial charge < -0.3 is 15.9 Å². The van der Waals surface area contributed by atoms with Crippen molar-refractivity contribution in [2.45, 2.75) is 17.0 Å². The third kappa shape index (κ3) is 3.72. The summed E-state index contributed by atoms with van der Waals surface area (Å²) in [4.78, 5) is 20.1. The van der Waals surface area contributed by atoms with Gasteiger partial charge in [0.2, 0.25) is 10.0 Å². The molecule has 2 atom stereocenters. The lowest BCUT2D eigenvalue weighted by Gasteiger charge is -2.18. The predicted octanol–water partition coefficient (Wildman–Crippen LogP) is -0.753. The van der Waals surface area contributed by atoms with Gasteiger partial charge in [-0.25, -0.2) is 21.6 Å². The molecule has 0 heterocycles. The van der Waals surface area contributed by atoms with E-state index in [1.54, 1.807) is 0 Å². The summed E-state index contributed by atoms with van der Waals surface area (Å²) in [5, 5.41) is 17.4. The Kier molecular flexibility index (Phi) is 5.11. The molecule has 0 saturated heterocycles. The smallest absolute Gasteiger partial charge is 0.323 e. The molecule has 0 radical (unpaired) electrons. The minimum Gasteiger partial charge on any atom is -0.480 e. The zero-order valence-electron chi connectivity index (χ0n) is 10.5. The van der Waals surface area contributed by atoms with Gasteiger partial charge in [-0.05, 0) is 6.07 Å². The van der Waals surface area contributed by atoms with Crippen LogP contribution in [0.15, 0.2) is 17.0 Å². The summed E-state index contributed by atoms with van der Waals surface area (Å²) in [5.74, 6) is -8.86. The molecule has 0 aromatic heterocycles. The molecule has 1 rings (SSSR count). The summed E-state index contributed by atoms with van der Waals surface area (Å²) < 4.78 is 64.1. The fraction of sp³-hybridized carbons (Fsp3) is 0.200. The largest absolute Gasteiger partial charge is 0.480 e. The van der Waals surface area contributed by atoms with Crippen molar-refractivity contribution >= 4 is 22.0 Å². The Hall–Kier alpha value is -2.18. The van der Waals surface area contributed by atoms with Crippen molar-refractivity contribution in [1.29, 1.82) is 0 Å². The van der Waals surface area contributed by atoms with Crippen LogP contribution in [0.2, 0.25) is 0 Å². The van der Waals surface area contributed by atoms with Crippen molar-refractivity contribution < 1.29 is 41.4 Å². The first-order valence-corrected chi connectivity index (χ1v) is 6.83. The standard InChI is InChI=1S/C10H9F3N2O6S/c11-3-1-5(13)6(2-4(3)12)22(20,21)15-8(10(18)19)7(14)9(16)17/h1-2,7-8,15H,14H2,(H,16,17)(H,18,19)/t7-,8?/m0/s1. The molecule has 0 aliphatic carbocycles. The fourth-order valence-electron chi connectivity index (χ4n) is 1.36. The van der Waals surface area contributed by atoms with E-state index in [1.165, 1.54) is 4.72 Å². The number of rotatable bonds is 6. The van der Waals surface area contributed by atoms with E-state index in [0.29, 0.717) is 0 Å². The first kappa shape index (κ1) is 17.9. The summed E-state index contributed by atoms with van der Waals surface area (Å²) in [7, 11) is -5.01. The minimum absolute atomic E-state index is 0.0157. The number of nitrogens with two attached hydrogens (primary N) is 1. The summed E-state index contributed by atoms with van der Waals surface area (Å²) in [6, 6.07) is -4.62. The number of sulfonamides is 1. The highest BCUT2D eigenvalue weighted by atomic mass is 32.2. The highest BCUT2D eigenvalue weighted by molar-refractivity contribution is 7.89. The molecule has 0 amide bonds. The molecule has 0 saturated carbocycles. The minimum atomic E-state index is -5.01. The SMILES string of the molecule is N[C@H](C(=O)O)C(NS(=O)(=O)c1cc(F)c(F)cc1F)C(=O)O. The number of aliphatic carboxylic acids is 2. The molecule has 0 aliphatic heterocycles. The van der Waals surface area contributed by atoms with Crippen LogP contribution in [0, 0.1) is 17.5 Å². The zero-order valence-corrected chi connectivity index (χ0v) is 11.3. The van der Waals surface area contributed by atoms with Crippen LogP contribution in [0.3, 0.4) is 0 Å². The maximum atomic E-state index is 13.4. The zero-order chi connectivity index (χ0) is 17.2. The first-order chi connectivity index (χ1) is 9.97. The molecule has 8 nitrogen and oxygen atoms in total. The van der Waals surface area contributed by atoms with Crippen molar-refractivity contribution in [1.82, 2.24) is 4.72 Å². The second kappa shape index (κ2) is 6.29. The van der Waals surface area contributed by atoms with Gasteiger partial charge in [-0.2, -0.15) is 4.72 Å². The van der Waals surface area contributed by atoms with Gasteiger partial charge in [0.05, 0.1) is 0 Å². The summed E-state index contributed by atoms with van der Waals surface area (Å²) in [6.07, 6.45) is 0. The number of halogens is 3. The van der Waals surface area contributed by atoms with Crippen molar-refractivity contribution in [3.8, 4) is 0 Å². The molecule has 1 aromatic rings. The topological polar surface area (TPSA) is 147 Å². The molecule has 0 spiro atoms. The van der Waals surface area contributed by atoms with E-state index >= 15 is 0 Å². The van der Waals surface area contributed by atoms with Gasteiger partial charge in [-0.1, -0.05) is 0 Å². The van der Waals surface area contributed by atoms with Gasteiger partial charge in [0.15, 0.2) is 11.6 Å². The first-order valence-electron chi connectivity index (χ1n) is 5.35. The molecule has 12 heteroatoms. The van der Waals surface area contributed by atoms with Crippen molar-refractivity contribution in [2.75, 3.05) is 0 Å². The van der Waals surface area contributed by atoms with Crippen molar-refractivity contribution in [3.63, 3.8) is 0 Å². The van der Waals surface area contributed by atoms with Crippen LogP contribution < -0.4 is 10.5 Å². The van der Waals surface area contributed by atoms with Crippen LogP contribution in [-0.2, 0) is 19.6 Å². The van der Waals surface area contributed by atoms with Crippen LogP contribution >= 0.6 is 0 Å². The van der Waals surface area contributed by atoms with Crippen LogP contribution in [0.1, 0.15) is 0 Å². The van der Waals surface area contributed by atoms with Crippen LogP contribution in [-0.4, -0.2) is 42.7 Å². The molecule has 1 aromatic carbocycles. The Morgan fingerprint density at radius 1 is 1.05 bits per heavy atom. The van der Waals surface area contributed by atoms with Crippen molar-refractivity contribution in [3.05, 3.63) is 29.6 Å². The van der Waals surface area contributed by atoms with Crippen LogP contribution in [0.4, 0.5) is 13.2 Å². The van der Waals surface area contributed by atoms with Crippen LogP contribution in [0.5, 0.6) is 0 Å². The molecular weight excluding hydrogens is 333 g/mol. The third-order valence-corrected chi connectivity index (χ3v) is 3.91. The van der Waals surface area contributed by atoms with Gasteiger partial charge in [-0.3, -0.25) is 9.59 Å². The predicted molar refractivity (Wildman–Crippen MR) is 63.7 cm³/mol. The number of hydrogen-bond acceptors (Lipinski definition) is 5. The lowest BCUT2D eigenvalue weighted by atomic mass is 10.1. The third-order valence-electron chi connectivity index (χ3n) is 2.46. The van der Waals surface area contributed by atoms with Gasteiger partial charge in [0.25, 0.3) is 0 Å². The fourth-order valence-corrected chi connectivity index (χ4v) is 2.64. The van der Waals surface area contributed by atoms with Gasteiger partial charge in [0, 0.05) is 6.07 Å². The number of nitrogens with one attached hydrogen (secondary N) is 1. The van der Waals surface area contributed by atoms with E-state index in [0.717, 1.165) is 0 Å². The summed E-state index contributed by atoms with van der Waals surface area (Å²) >= 11 is 0. The summed E-state index contributed by atoms with van der Waals surface area (Å²) in [6.45, 7) is 0. The summed E-state index contributed by atoms with van der Waals surface area (Å²) in [5.41, 5.74) is 5.00. The van der Waals surface area contributed by atoms with E-state index in [2.05, 4.69) is 0 Å². The van der Waals surface area contributed by atoms with E-state index in [4.69, 9.17) is 15.9 Å². The molecule has 0 bridgehead atoms. The highest BCUT2D eigenvalue weighted by Crippen LogP contribution is 2.19. The maximum absolute atomic E-state index is 13.4. The molecular formula is C10H9F3N2O6S. The number of hydrogen-bond donors (Lipinski definition) is 4. The van der Waals surface area contributed by atoms with E-state index in [1.807, 2.05) is 0 Å². The monoisotopic (exact) mass is 342 g/mol. The number of carboxylic acids is 2. The van der Waals surface area contributed by atoms with Gasteiger partial charge in [0.1, 0.15) is 22.8 Å². The Morgan fingerprint density at radius 2 is 1.55 bits per heavy atom. The Bertz CT molecular complexity index is 724. The van der Waals surface area contributed by atoms with Gasteiger partial charge >= 0.3 is 11.9 Å². The number of carbonyl (C=O) groups is 2. The molecule has 22 heavy (non-hydrogen) atoms. The number of carboxylic acid groups (broad SMARTS) is 2. The lowest BCUT2D eigenvalue weighted by molar-refractivity contribution is -0.146. The molecule has 0 fully saturated rings. The second-order valence-electron chi connectivity index (χ2n) is 4.00. The highest BCUT2D eigenvalue weighted by Gasteiger charge is 2.36. The van der Waals surface area contributed by atoms with Crippen LogP contribution in [0.25, 0.3) is 0 Å². The number of benzene rings is 1. The van der Waals surface area contributed by atoms with E-state index < -0.39 is 56.4 Å². The van der Waals surface area contributed by atoms with E-state index in [-0.39, 0.29) is 12.1 Å². The Balaban J connectivity index is 3.27. The van der Waals surface area contributed by atoms with E-state index in [9.17, 15) is 31.2 Å². The Labute approximate surface area is 121 Å². The second-order valence-corrected chi connectivity index (χ2v) is 5.68. The Morgan fingerprint density at radius 3 is 2.00 bits per heavy atom. The average Bonchev–Trinajstić information content (AvgIpc) is 2.38. The molecule has 0 aliphatic rings. The molecule has 1 unspecified atom stereocenters. The lowest BCUT2D eigenvalue weighted by Crippen LogP contribution is -2.55. The normalized spacial score (nSPS) is 14.4. The average molecular weight is 342 g/mol. The quantitative estimate of drug-likeness (QED) is 0.497.